The van der Waals surface area contributed by atoms with E-state index >= 15 is 0 Å². The maximum absolute atomic E-state index is 9.77. The fraction of sp³-hybridized carbons (Fsp3) is 0.571. The van der Waals surface area contributed by atoms with Gasteiger partial charge in [-0.2, -0.15) is 0 Å². The molecule has 2 rings (SSSR count). The van der Waals surface area contributed by atoms with Gasteiger partial charge in [0.05, 0.1) is 22.9 Å². The highest BCUT2D eigenvalue weighted by Gasteiger charge is 2.36. The van der Waals surface area contributed by atoms with Gasteiger partial charge in [0.2, 0.25) is 0 Å². The third-order valence-corrected chi connectivity index (χ3v) is 4.29. The Morgan fingerprint density at radius 1 is 1.50 bits per heavy atom. The number of anilines is 1. The van der Waals surface area contributed by atoms with Crippen LogP contribution in [0.15, 0.2) is 24.3 Å². The Labute approximate surface area is 114 Å². The summed E-state index contributed by atoms with van der Waals surface area (Å²) in [6.45, 7) is 3.31. The van der Waals surface area contributed by atoms with E-state index in [1.165, 1.54) is 0 Å². The number of nitrogens with one attached hydrogen (secondary N) is 1. The molecule has 1 saturated heterocycles. The molecular formula is C14H21ClN2O. The number of nitrogens with zero attached hydrogens (tertiary/aromatic N) is 1. The first-order valence-electron chi connectivity index (χ1n) is 6.40. The second kappa shape index (κ2) is 5.47. The van der Waals surface area contributed by atoms with Gasteiger partial charge in [0.1, 0.15) is 0 Å². The second-order valence-corrected chi connectivity index (χ2v) is 5.73. The topological polar surface area (TPSA) is 35.5 Å². The number of para-hydroxylation sites is 1. The second-order valence-electron chi connectivity index (χ2n) is 5.33. The largest absolute Gasteiger partial charge is 0.394 e. The molecule has 0 spiro atoms. The van der Waals surface area contributed by atoms with Crippen LogP contribution in [0.3, 0.4) is 0 Å². The number of aliphatic hydroxyl groups excluding tert-OH is 1. The highest BCUT2D eigenvalue weighted by atomic mass is 35.5. The molecular weight excluding hydrogens is 248 g/mol. The van der Waals surface area contributed by atoms with E-state index in [1.54, 1.807) is 0 Å². The summed E-state index contributed by atoms with van der Waals surface area (Å²) >= 11 is 6.17. The first-order chi connectivity index (χ1) is 8.56. The lowest BCUT2D eigenvalue weighted by molar-refractivity contribution is 0.0969. The Morgan fingerprint density at radius 2 is 2.22 bits per heavy atom. The molecule has 2 atom stereocenters. The standard InChI is InChI=1S/C14H21ClN2O/c1-11-9-14(10-18,7-8-17(11)2)16-13-6-4-3-5-12(13)15/h3-6,11,16,18H,7-10H2,1-2H3. The number of rotatable bonds is 3. The molecule has 0 saturated carbocycles. The first kappa shape index (κ1) is 13.7. The van der Waals surface area contributed by atoms with E-state index in [4.69, 9.17) is 11.6 Å². The van der Waals surface area contributed by atoms with Gasteiger partial charge in [0.15, 0.2) is 0 Å². The van der Waals surface area contributed by atoms with Gasteiger partial charge in [-0.3, -0.25) is 0 Å². The van der Waals surface area contributed by atoms with Crippen molar-refractivity contribution in [3.63, 3.8) is 0 Å². The summed E-state index contributed by atoms with van der Waals surface area (Å²) in [5.41, 5.74) is 0.654. The van der Waals surface area contributed by atoms with E-state index < -0.39 is 0 Å². The fourth-order valence-electron chi connectivity index (χ4n) is 2.58. The molecule has 3 nitrogen and oxygen atoms in total. The molecule has 0 amide bonds. The van der Waals surface area contributed by atoms with Crippen molar-refractivity contribution >= 4 is 17.3 Å². The van der Waals surface area contributed by atoms with Crippen LogP contribution < -0.4 is 5.32 Å². The molecule has 18 heavy (non-hydrogen) atoms. The van der Waals surface area contributed by atoms with E-state index in [0.29, 0.717) is 11.1 Å². The average molecular weight is 269 g/mol. The van der Waals surface area contributed by atoms with Crippen LogP contribution in [0, 0.1) is 0 Å². The highest BCUT2D eigenvalue weighted by molar-refractivity contribution is 6.33. The summed E-state index contributed by atoms with van der Waals surface area (Å²) in [7, 11) is 2.13. The van der Waals surface area contributed by atoms with Crippen LogP contribution in [0.5, 0.6) is 0 Å². The van der Waals surface area contributed by atoms with E-state index in [2.05, 4.69) is 24.2 Å². The number of likely N-dealkylation sites (tertiary alicyclic amines) is 1. The quantitative estimate of drug-likeness (QED) is 0.885. The van der Waals surface area contributed by atoms with Gasteiger partial charge < -0.3 is 15.3 Å². The van der Waals surface area contributed by atoms with Crippen LogP contribution in [0.4, 0.5) is 5.69 Å². The summed E-state index contributed by atoms with van der Waals surface area (Å²) < 4.78 is 0. The van der Waals surface area contributed by atoms with Crippen LogP contribution in [0.1, 0.15) is 19.8 Å². The predicted octanol–water partition coefficient (Wildman–Crippen LogP) is 2.60. The van der Waals surface area contributed by atoms with Crippen molar-refractivity contribution in [1.82, 2.24) is 4.90 Å². The Kier molecular flexibility index (Phi) is 4.15. The molecule has 0 bridgehead atoms. The number of benzene rings is 1. The van der Waals surface area contributed by atoms with Crippen LogP contribution in [0.25, 0.3) is 0 Å². The average Bonchev–Trinajstić information content (AvgIpc) is 2.37. The molecule has 1 heterocycles. The summed E-state index contributed by atoms with van der Waals surface area (Å²) in [5.74, 6) is 0. The van der Waals surface area contributed by atoms with E-state index in [0.717, 1.165) is 25.1 Å². The number of piperidine rings is 1. The van der Waals surface area contributed by atoms with Crippen molar-refractivity contribution in [1.29, 1.82) is 0 Å². The monoisotopic (exact) mass is 268 g/mol. The number of halogens is 1. The maximum atomic E-state index is 9.77. The molecule has 1 aromatic rings. The van der Waals surface area contributed by atoms with Gasteiger partial charge in [-0.05, 0) is 38.9 Å². The van der Waals surface area contributed by atoms with Crippen LogP contribution >= 0.6 is 11.6 Å². The summed E-state index contributed by atoms with van der Waals surface area (Å²) in [6.07, 6.45) is 1.85. The van der Waals surface area contributed by atoms with Crippen molar-refractivity contribution in [2.75, 3.05) is 25.5 Å². The Bertz CT molecular complexity index is 413. The Morgan fingerprint density at radius 3 is 2.83 bits per heavy atom. The van der Waals surface area contributed by atoms with Gasteiger partial charge in [0, 0.05) is 12.6 Å². The third-order valence-electron chi connectivity index (χ3n) is 3.96. The lowest BCUT2D eigenvalue weighted by atomic mass is 9.84. The molecule has 1 aliphatic heterocycles. The molecule has 0 aliphatic carbocycles. The third kappa shape index (κ3) is 2.79. The van der Waals surface area contributed by atoms with Crippen molar-refractivity contribution in [3.05, 3.63) is 29.3 Å². The van der Waals surface area contributed by atoms with Gasteiger partial charge in [-0.15, -0.1) is 0 Å². The Balaban J connectivity index is 2.16. The zero-order chi connectivity index (χ0) is 13.2. The molecule has 1 aromatic carbocycles. The highest BCUT2D eigenvalue weighted by Crippen LogP contribution is 2.32. The van der Waals surface area contributed by atoms with Crippen molar-refractivity contribution < 1.29 is 5.11 Å². The molecule has 4 heteroatoms. The minimum Gasteiger partial charge on any atom is -0.394 e. The summed E-state index contributed by atoms with van der Waals surface area (Å²) in [6, 6.07) is 8.16. The van der Waals surface area contributed by atoms with E-state index in [1.807, 2.05) is 24.3 Å². The SMILES string of the molecule is CC1CC(CO)(Nc2ccccc2Cl)CCN1C. The first-order valence-corrected chi connectivity index (χ1v) is 6.78. The molecule has 0 aromatic heterocycles. The smallest absolute Gasteiger partial charge is 0.0662 e. The van der Waals surface area contributed by atoms with Crippen LogP contribution in [0.2, 0.25) is 5.02 Å². The molecule has 2 N–H and O–H groups in total. The molecule has 100 valence electrons. The van der Waals surface area contributed by atoms with Crippen molar-refractivity contribution in [3.8, 4) is 0 Å². The number of aliphatic hydroxyl groups is 1. The van der Waals surface area contributed by atoms with E-state index in [9.17, 15) is 5.11 Å². The maximum Gasteiger partial charge on any atom is 0.0662 e. The minimum absolute atomic E-state index is 0.135. The van der Waals surface area contributed by atoms with E-state index in [-0.39, 0.29) is 12.1 Å². The summed E-state index contributed by atoms with van der Waals surface area (Å²) in [4.78, 5) is 2.32. The summed E-state index contributed by atoms with van der Waals surface area (Å²) in [5, 5.41) is 13.9. The fourth-order valence-corrected chi connectivity index (χ4v) is 2.76. The van der Waals surface area contributed by atoms with Crippen LogP contribution in [-0.4, -0.2) is 41.8 Å². The molecule has 2 unspecified atom stereocenters. The van der Waals surface area contributed by atoms with Gasteiger partial charge in [-0.25, -0.2) is 0 Å². The lowest BCUT2D eigenvalue weighted by Crippen LogP contribution is -2.54. The Hall–Kier alpha value is -0.770. The normalized spacial score (nSPS) is 29.2. The zero-order valence-electron chi connectivity index (χ0n) is 11.0. The number of hydrogen-bond acceptors (Lipinski definition) is 3. The van der Waals surface area contributed by atoms with Crippen molar-refractivity contribution in [2.24, 2.45) is 0 Å². The molecule has 0 radical (unpaired) electrons. The van der Waals surface area contributed by atoms with Crippen LogP contribution in [-0.2, 0) is 0 Å². The minimum atomic E-state index is -0.253. The predicted molar refractivity (Wildman–Crippen MR) is 76.2 cm³/mol. The number of hydrogen-bond donors (Lipinski definition) is 2. The zero-order valence-corrected chi connectivity index (χ0v) is 11.7. The van der Waals surface area contributed by atoms with Crippen molar-refractivity contribution in [2.45, 2.75) is 31.3 Å². The molecule has 1 aliphatic rings. The molecule has 1 fully saturated rings. The van der Waals surface area contributed by atoms with Gasteiger partial charge in [0.25, 0.3) is 0 Å². The van der Waals surface area contributed by atoms with Gasteiger partial charge >= 0.3 is 0 Å². The lowest BCUT2D eigenvalue weighted by Gasteiger charge is -2.44. The van der Waals surface area contributed by atoms with Gasteiger partial charge in [-0.1, -0.05) is 23.7 Å².